The molecule has 9 heteroatoms. The monoisotopic (exact) mass is 559 g/mol. The van der Waals surface area contributed by atoms with Crippen LogP contribution in [-0.4, -0.2) is 28.8 Å². The number of methoxy groups -OCH3 is 1. The molecule has 0 aliphatic carbocycles. The van der Waals surface area contributed by atoms with Crippen LogP contribution in [0.1, 0.15) is 41.4 Å². The van der Waals surface area contributed by atoms with E-state index in [-0.39, 0.29) is 16.9 Å². The van der Waals surface area contributed by atoms with E-state index in [1.54, 1.807) is 36.2 Å². The van der Waals surface area contributed by atoms with E-state index in [1.165, 1.54) is 36.4 Å². The van der Waals surface area contributed by atoms with Gasteiger partial charge in [0, 0.05) is 23.4 Å². The molecule has 4 aromatic carbocycles. The first kappa shape index (κ1) is 27.8. The summed E-state index contributed by atoms with van der Waals surface area (Å²) in [5, 5.41) is 8.19. The number of hydrogen-bond acceptors (Lipinski definition) is 4. The van der Waals surface area contributed by atoms with Crippen molar-refractivity contribution in [3.63, 3.8) is 0 Å². The standard InChI is InChI=1S/C32H28F3N3O3/c1-20(37-31(39)21-7-9-24(10-8-21)32(2,34)35)30(22-5-4-6-27(17-22)40-3)41-28-15-16-29-23(18-28)19-36-38(29)26-13-11-25(33)12-14-26/h4-20,30H,1-3H3,(H,37,39)/t20-,30-/m0/s1. The van der Waals surface area contributed by atoms with E-state index in [2.05, 4.69) is 10.4 Å². The van der Waals surface area contributed by atoms with Gasteiger partial charge in [-0.25, -0.2) is 17.9 Å². The Balaban J connectivity index is 1.41. The number of alkyl halides is 2. The number of carbonyl (C=O) groups is 1. The predicted octanol–water partition coefficient (Wildman–Crippen LogP) is 7.22. The summed E-state index contributed by atoms with van der Waals surface area (Å²) in [6, 6.07) is 23.6. The number of nitrogens with one attached hydrogen (secondary N) is 1. The zero-order valence-corrected chi connectivity index (χ0v) is 22.6. The van der Waals surface area contributed by atoms with Crippen LogP contribution in [0.25, 0.3) is 16.6 Å². The first-order chi connectivity index (χ1) is 19.6. The summed E-state index contributed by atoms with van der Waals surface area (Å²) in [5.74, 6) is -2.58. The van der Waals surface area contributed by atoms with Gasteiger partial charge < -0.3 is 14.8 Å². The van der Waals surface area contributed by atoms with Crippen LogP contribution in [0.4, 0.5) is 13.2 Å². The summed E-state index contributed by atoms with van der Waals surface area (Å²) in [7, 11) is 1.57. The van der Waals surface area contributed by atoms with Crippen LogP contribution in [0.3, 0.4) is 0 Å². The summed E-state index contributed by atoms with van der Waals surface area (Å²) >= 11 is 0. The van der Waals surface area contributed by atoms with E-state index in [0.717, 1.165) is 29.1 Å². The Morgan fingerprint density at radius 2 is 1.68 bits per heavy atom. The van der Waals surface area contributed by atoms with Crippen molar-refractivity contribution in [2.75, 3.05) is 7.11 Å². The zero-order valence-electron chi connectivity index (χ0n) is 22.6. The third kappa shape index (κ3) is 6.19. The van der Waals surface area contributed by atoms with Gasteiger partial charge in [0.1, 0.15) is 23.4 Å². The number of nitrogens with zero attached hydrogens (tertiary/aromatic N) is 2. The molecule has 0 unspecified atom stereocenters. The predicted molar refractivity (Wildman–Crippen MR) is 150 cm³/mol. The van der Waals surface area contributed by atoms with Crippen LogP contribution in [-0.2, 0) is 5.92 Å². The molecule has 1 heterocycles. The van der Waals surface area contributed by atoms with Gasteiger partial charge in [0.15, 0.2) is 0 Å². The molecular formula is C32H28F3N3O3. The highest BCUT2D eigenvalue weighted by Gasteiger charge is 2.26. The number of halogens is 3. The highest BCUT2D eigenvalue weighted by atomic mass is 19.3. The van der Waals surface area contributed by atoms with Crippen molar-refractivity contribution in [2.45, 2.75) is 31.9 Å². The van der Waals surface area contributed by atoms with Gasteiger partial charge in [-0.15, -0.1) is 0 Å². The summed E-state index contributed by atoms with van der Waals surface area (Å²) in [6.45, 7) is 2.62. The summed E-state index contributed by atoms with van der Waals surface area (Å²) in [4.78, 5) is 13.0. The van der Waals surface area contributed by atoms with E-state index in [4.69, 9.17) is 9.47 Å². The Morgan fingerprint density at radius 1 is 0.951 bits per heavy atom. The van der Waals surface area contributed by atoms with Crippen molar-refractivity contribution < 1.29 is 27.4 Å². The highest BCUT2D eigenvalue weighted by molar-refractivity contribution is 5.94. The number of fused-ring (bicyclic) bond motifs is 1. The summed E-state index contributed by atoms with van der Waals surface area (Å²) in [5.41, 5.74) is 2.38. The molecule has 0 bridgehead atoms. The van der Waals surface area contributed by atoms with Crippen molar-refractivity contribution >= 4 is 16.8 Å². The van der Waals surface area contributed by atoms with Crippen molar-refractivity contribution in [2.24, 2.45) is 0 Å². The third-order valence-electron chi connectivity index (χ3n) is 6.76. The second kappa shape index (κ2) is 11.4. The maximum Gasteiger partial charge on any atom is 0.270 e. The number of ether oxygens (including phenoxy) is 2. The van der Waals surface area contributed by atoms with Gasteiger partial charge in [0.25, 0.3) is 11.8 Å². The Labute approximate surface area is 235 Å². The lowest BCUT2D eigenvalue weighted by Crippen LogP contribution is -2.39. The van der Waals surface area contributed by atoms with Gasteiger partial charge in [0.05, 0.1) is 30.6 Å². The van der Waals surface area contributed by atoms with Crippen molar-refractivity contribution in [1.29, 1.82) is 0 Å². The van der Waals surface area contributed by atoms with Gasteiger partial charge >= 0.3 is 0 Å². The van der Waals surface area contributed by atoms with Gasteiger partial charge in [0.2, 0.25) is 0 Å². The molecule has 0 fully saturated rings. The van der Waals surface area contributed by atoms with Crippen molar-refractivity contribution in [3.05, 3.63) is 120 Å². The number of hydrogen-bond donors (Lipinski definition) is 1. The van der Waals surface area contributed by atoms with Crippen LogP contribution in [0.15, 0.2) is 97.2 Å². The lowest BCUT2D eigenvalue weighted by molar-refractivity contribution is 0.0174. The minimum absolute atomic E-state index is 0.169. The lowest BCUT2D eigenvalue weighted by atomic mass is 10.0. The largest absolute Gasteiger partial charge is 0.497 e. The molecule has 1 N–H and O–H groups in total. The van der Waals surface area contributed by atoms with E-state index < -0.39 is 24.0 Å². The molecular weight excluding hydrogens is 531 g/mol. The second-order valence-electron chi connectivity index (χ2n) is 9.80. The van der Waals surface area contributed by atoms with Crippen molar-refractivity contribution in [1.82, 2.24) is 15.1 Å². The second-order valence-corrected chi connectivity index (χ2v) is 9.80. The number of amides is 1. The molecule has 5 aromatic rings. The van der Waals surface area contributed by atoms with Crippen LogP contribution >= 0.6 is 0 Å². The third-order valence-corrected chi connectivity index (χ3v) is 6.76. The molecule has 0 radical (unpaired) electrons. The first-order valence-corrected chi connectivity index (χ1v) is 13.0. The Kier molecular flexibility index (Phi) is 7.70. The Hall–Kier alpha value is -4.79. The first-order valence-electron chi connectivity index (χ1n) is 13.0. The number of carbonyl (C=O) groups excluding carboxylic acids is 1. The molecule has 0 aliphatic rings. The van der Waals surface area contributed by atoms with Crippen molar-refractivity contribution in [3.8, 4) is 17.2 Å². The minimum Gasteiger partial charge on any atom is -0.497 e. The van der Waals surface area contributed by atoms with Crippen LogP contribution in [0.2, 0.25) is 0 Å². The summed E-state index contributed by atoms with van der Waals surface area (Å²) < 4.78 is 54.2. The maximum atomic E-state index is 13.6. The molecule has 1 amide bonds. The molecule has 2 atom stereocenters. The fourth-order valence-electron chi connectivity index (χ4n) is 4.58. The molecule has 5 rings (SSSR count). The molecule has 0 saturated heterocycles. The molecule has 1 aromatic heterocycles. The molecule has 210 valence electrons. The van der Waals surface area contributed by atoms with Crippen LogP contribution in [0, 0.1) is 5.82 Å². The fourth-order valence-corrected chi connectivity index (χ4v) is 4.58. The molecule has 41 heavy (non-hydrogen) atoms. The fraction of sp³-hybridized carbons (Fsp3) is 0.188. The number of benzene rings is 4. The molecule has 6 nitrogen and oxygen atoms in total. The molecule has 0 saturated carbocycles. The van der Waals surface area contributed by atoms with E-state index >= 15 is 0 Å². The maximum absolute atomic E-state index is 13.6. The Morgan fingerprint density at radius 3 is 2.37 bits per heavy atom. The van der Waals surface area contributed by atoms with Gasteiger partial charge in [-0.2, -0.15) is 5.10 Å². The van der Waals surface area contributed by atoms with Gasteiger partial charge in [-0.3, -0.25) is 4.79 Å². The lowest BCUT2D eigenvalue weighted by Gasteiger charge is -2.27. The zero-order chi connectivity index (χ0) is 29.1. The van der Waals surface area contributed by atoms with Gasteiger partial charge in [-0.05, 0) is 79.2 Å². The van der Waals surface area contributed by atoms with E-state index in [0.29, 0.717) is 11.5 Å². The van der Waals surface area contributed by atoms with E-state index in [9.17, 15) is 18.0 Å². The highest BCUT2D eigenvalue weighted by Crippen LogP contribution is 2.31. The van der Waals surface area contributed by atoms with Gasteiger partial charge in [-0.1, -0.05) is 24.3 Å². The molecule has 0 spiro atoms. The van der Waals surface area contributed by atoms with Crippen LogP contribution in [0.5, 0.6) is 11.5 Å². The normalized spacial score (nSPS) is 13.0. The Bertz CT molecular complexity index is 1660. The topological polar surface area (TPSA) is 65.4 Å². The molecule has 0 aliphatic heterocycles. The average Bonchev–Trinajstić information content (AvgIpc) is 3.39. The number of aromatic nitrogens is 2. The van der Waals surface area contributed by atoms with E-state index in [1.807, 2.05) is 43.3 Å². The SMILES string of the molecule is COc1cccc([C@@H](Oc2ccc3c(cnn3-c3ccc(F)cc3)c2)[C@H](C)NC(=O)c2ccc(C(C)(F)F)cc2)c1. The smallest absolute Gasteiger partial charge is 0.270 e. The average molecular weight is 560 g/mol. The summed E-state index contributed by atoms with van der Waals surface area (Å²) in [6.07, 6.45) is 1.07. The minimum atomic E-state index is -3.00. The van der Waals surface area contributed by atoms with Crippen LogP contribution < -0.4 is 14.8 Å². The number of rotatable bonds is 9. The quantitative estimate of drug-likeness (QED) is 0.207.